The predicted molar refractivity (Wildman–Crippen MR) is 127 cm³/mol. The van der Waals surface area contributed by atoms with Gasteiger partial charge in [0.15, 0.2) is 0 Å². The fourth-order valence-electron chi connectivity index (χ4n) is 4.51. The highest BCUT2D eigenvalue weighted by Crippen LogP contribution is 2.22. The first kappa shape index (κ1) is 23.9. The van der Waals surface area contributed by atoms with Crippen molar-refractivity contribution in [3.8, 4) is 0 Å². The average Bonchev–Trinajstić information content (AvgIpc) is 2.86. The Kier molecular flexibility index (Phi) is 8.14. The Labute approximate surface area is 196 Å². The number of amides is 1. The summed E-state index contributed by atoms with van der Waals surface area (Å²) in [4.78, 5) is 15.3. The molecule has 0 saturated carbocycles. The maximum atomic E-state index is 12.8. The first-order chi connectivity index (χ1) is 16.0. The molecule has 178 valence electrons. The Balaban J connectivity index is 1.35. The van der Waals surface area contributed by atoms with E-state index in [-0.39, 0.29) is 18.4 Å². The summed E-state index contributed by atoms with van der Waals surface area (Å²) in [6.45, 7) is 4.75. The molecule has 2 fully saturated rings. The fraction of sp³-hybridized carbons (Fsp3) is 0.480. The van der Waals surface area contributed by atoms with Crippen molar-refractivity contribution in [1.29, 1.82) is 0 Å². The smallest absolute Gasteiger partial charge is 0.243 e. The van der Waals surface area contributed by atoms with Crippen molar-refractivity contribution >= 4 is 15.9 Å². The molecule has 0 aromatic heterocycles. The molecule has 0 aliphatic carbocycles. The number of benzene rings is 2. The van der Waals surface area contributed by atoms with Crippen molar-refractivity contribution in [3.05, 3.63) is 65.7 Å². The Morgan fingerprint density at radius 2 is 1.58 bits per heavy atom. The van der Waals surface area contributed by atoms with Gasteiger partial charge < -0.3 is 10.1 Å². The van der Waals surface area contributed by atoms with Gasteiger partial charge in [0, 0.05) is 32.7 Å². The van der Waals surface area contributed by atoms with Crippen LogP contribution in [-0.2, 0) is 26.0 Å². The zero-order chi connectivity index (χ0) is 23.1. The van der Waals surface area contributed by atoms with Crippen LogP contribution in [0.25, 0.3) is 0 Å². The molecule has 2 aromatic carbocycles. The SMILES string of the molecule is O=C(Cc1ccc(S(=O)(=O)N2CCCCC2)cc1)NCC(c1ccccc1)N1CCOCC1. The summed E-state index contributed by atoms with van der Waals surface area (Å²) in [7, 11) is -3.45. The summed E-state index contributed by atoms with van der Waals surface area (Å²) in [6, 6.07) is 17.0. The number of nitrogens with one attached hydrogen (secondary N) is 1. The van der Waals surface area contributed by atoms with Crippen LogP contribution >= 0.6 is 0 Å². The van der Waals surface area contributed by atoms with E-state index in [0.29, 0.717) is 37.7 Å². The molecule has 2 aliphatic rings. The minimum atomic E-state index is -3.45. The topological polar surface area (TPSA) is 79.0 Å². The fourth-order valence-corrected chi connectivity index (χ4v) is 6.03. The molecule has 1 atom stereocenters. The number of hydrogen-bond acceptors (Lipinski definition) is 5. The van der Waals surface area contributed by atoms with Crippen LogP contribution < -0.4 is 5.32 Å². The molecule has 0 radical (unpaired) electrons. The molecule has 0 bridgehead atoms. The number of nitrogens with zero attached hydrogens (tertiary/aromatic N) is 2. The number of rotatable bonds is 8. The lowest BCUT2D eigenvalue weighted by molar-refractivity contribution is -0.120. The third kappa shape index (κ3) is 6.20. The highest BCUT2D eigenvalue weighted by Gasteiger charge is 2.26. The van der Waals surface area contributed by atoms with Crippen molar-refractivity contribution in [2.24, 2.45) is 0 Å². The molecule has 2 aromatic rings. The second-order valence-corrected chi connectivity index (χ2v) is 10.6. The van der Waals surface area contributed by atoms with Gasteiger partial charge in [0.05, 0.1) is 30.6 Å². The largest absolute Gasteiger partial charge is 0.379 e. The van der Waals surface area contributed by atoms with E-state index in [2.05, 4.69) is 22.3 Å². The summed E-state index contributed by atoms with van der Waals surface area (Å²) >= 11 is 0. The van der Waals surface area contributed by atoms with Crippen LogP contribution in [0.1, 0.15) is 36.4 Å². The van der Waals surface area contributed by atoms with Crippen molar-refractivity contribution in [2.45, 2.75) is 36.6 Å². The number of carbonyl (C=O) groups is 1. The lowest BCUT2D eigenvalue weighted by Crippen LogP contribution is -2.44. The molecule has 2 saturated heterocycles. The molecule has 0 spiro atoms. The Bertz CT molecular complexity index is 1000. The number of hydrogen-bond donors (Lipinski definition) is 1. The van der Waals surface area contributed by atoms with E-state index in [1.807, 2.05) is 18.2 Å². The molecule has 2 aliphatic heterocycles. The molecule has 33 heavy (non-hydrogen) atoms. The van der Waals surface area contributed by atoms with Gasteiger partial charge in [-0.2, -0.15) is 4.31 Å². The normalized spacial score (nSPS) is 19.2. The summed E-state index contributed by atoms with van der Waals surface area (Å²) in [5.74, 6) is -0.0733. The number of carbonyl (C=O) groups excluding carboxylic acids is 1. The second-order valence-electron chi connectivity index (χ2n) is 8.66. The van der Waals surface area contributed by atoms with Gasteiger partial charge in [-0.25, -0.2) is 8.42 Å². The first-order valence-electron chi connectivity index (χ1n) is 11.8. The summed E-state index contributed by atoms with van der Waals surface area (Å²) in [5.41, 5.74) is 1.97. The highest BCUT2D eigenvalue weighted by molar-refractivity contribution is 7.89. The van der Waals surface area contributed by atoms with Gasteiger partial charge in [0.25, 0.3) is 0 Å². The molecule has 4 rings (SSSR count). The molecule has 1 amide bonds. The monoisotopic (exact) mass is 471 g/mol. The van der Waals surface area contributed by atoms with Crippen LogP contribution in [0.15, 0.2) is 59.5 Å². The molecule has 7 nitrogen and oxygen atoms in total. The zero-order valence-electron chi connectivity index (χ0n) is 19.0. The Morgan fingerprint density at radius 1 is 0.909 bits per heavy atom. The van der Waals surface area contributed by atoms with Crippen LogP contribution in [0.2, 0.25) is 0 Å². The summed E-state index contributed by atoms with van der Waals surface area (Å²) in [5, 5.41) is 3.08. The van der Waals surface area contributed by atoms with E-state index in [4.69, 9.17) is 4.74 Å². The third-order valence-corrected chi connectivity index (χ3v) is 8.32. The van der Waals surface area contributed by atoms with Crippen molar-refractivity contribution in [2.75, 3.05) is 45.9 Å². The van der Waals surface area contributed by atoms with Crippen LogP contribution in [0.4, 0.5) is 0 Å². The third-order valence-electron chi connectivity index (χ3n) is 6.40. The minimum absolute atomic E-state index is 0.0733. The van der Waals surface area contributed by atoms with Gasteiger partial charge in [-0.1, -0.05) is 48.9 Å². The van der Waals surface area contributed by atoms with Crippen LogP contribution in [0.3, 0.4) is 0 Å². The number of piperidine rings is 1. The van der Waals surface area contributed by atoms with E-state index < -0.39 is 10.0 Å². The summed E-state index contributed by atoms with van der Waals surface area (Å²) in [6.07, 6.45) is 3.11. The van der Waals surface area contributed by atoms with Crippen LogP contribution in [-0.4, -0.2) is 69.5 Å². The Morgan fingerprint density at radius 3 is 2.24 bits per heavy atom. The van der Waals surface area contributed by atoms with Crippen molar-refractivity contribution in [1.82, 2.24) is 14.5 Å². The van der Waals surface area contributed by atoms with E-state index >= 15 is 0 Å². The lowest BCUT2D eigenvalue weighted by atomic mass is 10.0. The van der Waals surface area contributed by atoms with E-state index in [9.17, 15) is 13.2 Å². The average molecular weight is 472 g/mol. The molecular formula is C25H33N3O4S. The molecule has 2 heterocycles. The molecule has 1 N–H and O–H groups in total. The molecule has 1 unspecified atom stereocenters. The molecule has 8 heteroatoms. The lowest BCUT2D eigenvalue weighted by Gasteiger charge is -2.35. The second kappa shape index (κ2) is 11.2. The number of sulfonamides is 1. The number of ether oxygens (including phenoxy) is 1. The maximum absolute atomic E-state index is 12.8. The van der Waals surface area contributed by atoms with E-state index in [1.54, 1.807) is 28.6 Å². The van der Waals surface area contributed by atoms with Crippen molar-refractivity contribution < 1.29 is 17.9 Å². The van der Waals surface area contributed by atoms with Gasteiger partial charge in [-0.05, 0) is 36.1 Å². The van der Waals surface area contributed by atoms with Gasteiger partial charge in [0.1, 0.15) is 0 Å². The van der Waals surface area contributed by atoms with E-state index in [1.165, 1.54) is 5.56 Å². The predicted octanol–water partition coefficient (Wildman–Crippen LogP) is 2.59. The van der Waals surface area contributed by atoms with Crippen molar-refractivity contribution in [3.63, 3.8) is 0 Å². The van der Waals surface area contributed by atoms with Gasteiger partial charge in [-0.15, -0.1) is 0 Å². The molecular weight excluding hydrogens is 438 g/mol. The Hall–Kier alpha value is -2.26. The minimum Gasteiger partial charge on any atom is -0.379 e. The summed E-state index contributed by atoms with van der Waals surface area (Å²) < 4.78 is 32.7. The van der Waals surface area contributed by atoms with Gasteiger partial charge in [-0.3, -0.25) is 9.69 Å². The van der Waals surface area contributed by atoms with Crippen LogP contribution in [0, 0.1) is 0 Å². The van der Waals surface area contributed by atoms with E-state index in [0.717, 1.165) is 37.9 Å². The standard InChI is InChI=1S/C25H33N3O4S/c29-25(26-20-24(22-7-3-1-4-8-22)27-15-17-32-18-16-27)19-21-9-11-23(12-10-21)33(30,31)28-13-5-2-6-14-28/h1,3-4,7-12,24H,2,5-6,13-20H2,(H,26,29). The zero-order valence-corrected chi connectivity index (χ0v) is 19.8. The maximum Gasteiger partial charge on any atom is 0.243 e. The van der Waals surface area contributed by atoms with Gasteiger partial charge >= 0.3 is 0 Å². The number of morpholine rings is 1. The quantitative estimate of drug-likeness (QED) is 0.640. The highest BCUT2D eigenvalue weighted by atomic mass is 32.2. The van der Waals surface area contributed by atoms with Crippen LogP contribution in [0.5, 0.6) is 0 Å². The first-order valence-corrected chi connectivity index (χ1v) is 13.2. The van der Waals surface area contributed by atoms with Gasteiger partial charge in [0.2, 0.25) is 15.9 Å².